The second kappa shape index (κ2) is 14.3. The molecule has 0 spiro atoms. The van der Waals surface area contributed by atoms with Gasteiger partial charge in [0.2, 0.25) is 5.79 Å². The molecule has 2 aliphatic rings. The highest BCUT2D eigenvalue weighted by molar-refractivity contribution is 6.35. The van der Waals surface area contributed by atoms with Crippen LogP contribution in [-0.4, -0.2) is 80.6 Å². The minimum absolute atomic E-state index is 0.158. The van der Waals surface area contributed by atoms with Crippen LogP contribution in [0, 0.1) is 0 Å². The van der Waals surface area contributed by atoms with E-state index in [0.717, 1.165) is 49.0 Å². The average Bonchev–Trinajstić information content (AvgIpc) is 3.86. The van der Waals surface area contributed by atoms with Crippen LogP contribution >= 0.6 is 23.2 Å². The molecule has 4 heterocycles. The Bertz CT molecular complexity index is 1910. The van der Waals surface area contributed by atoms with Crippen molar-refractivity contribution in [1.82, 2.24) is 23.9 Å². The summed E-state index contributed by atoms with van der Waals surface area (Å²) < 4.78 is 23.6. The number of hydrogen-bond donors (Lipinski definition) is 1. The van der Waals surface area contributed by atoms with E-state index in [1.807, 2.05) is 53.2 Å². The number of nitrogens with zero attached hydrogens (tertiary/aromatic N) is 7. The SMILES string of the molecule is CC(O)Cn1ncn(-c2ccc(N3CCN(c4ccc(OCC5COC(Cn6ccnc6)(c6ccc(Cl)cc6Cl)O5)cc4)CC3)cc2)c1=O. The Morgan fingerprint density at radius 1 is 0.959 bits per heavy atom. The molecule has 5 aromatic rings. The Labute approximate surface area is 293 Å². The van der Waals surface area contributed by atoms with Crippen LogP contribution in [0.4, 0.5) is 11.4 Å². The summed E-state index contributed by atoms with van der Waals surface area (Å²) in [6.07, 6.45) is 5.80. The number of aliphatic hydroxyl groups is 1. The number of imidazole rings is 1. The first kappa shape index (κ1) is 33.2. The van der Waals surface area contributed by atoms with Crippen molar-refractivity contribution in [2.24, 2.45) is 0 Å². The van der Waals surface area contributed by atoms with E-state index in [0.29, 0.717) is 35.4 Å². The van der Waals surface area contributed by atoms with E-state index in [9.17, 15) is 9.90 Å². The standard InChI is InChI=1S/C35H37Cl2N7O5/c1-25(45)19-44-34(46)43(24-39-44)29-5-3-27(4-6-29)41-14-16-42(17-15-41)28-7-9-30(10-8-28)47-20-31-21-48-35(49-31,22-40-13-12-38-23-40)32-11-2-26(36)18-33(32)37/h2-13,18,23-25,31,45H,14-17,19-22H2,1H3. The molecule has 2 aromatic heterocycles. The van der Waals surface area contributed by atoms with E-state index in [2.05, 4.69) is 32.0 Å². The normalized spacial score (nSPS) is 20.1. The van der Waals surface area contributed by atoms with Gasteiger partial charge in [0.25, 0.3) is 0 Å². The zero-order chi connectivity index (χ0) is 34.0. The van der Waals surface area contributed by atoms with Crippen molar-refractivity contribution in [2.45, 2.75) is 38.0 Å². The molecule has 3 unspecified atom stereocenters. The van der Waals surface area contributed by atoms with Crippen molar-refractivity contribution < 1.29 is 19.3 Å². The molecule has 3 aromatic carbocycles. The van der Waals surface area contributed by atoms with Crippen LogP contribution in [0.3, 0.4) is 0 Å². The molecule has 256 valence electrons. The summed E-state index contributed by atoms with van der Waals surface area (Å²) in [7, 11) is 0. The summed E-state index contributed by atoms with van der Waals surface area (Å²) in [5.41, 5.74) is 3.39. The lowest BCUT2D eigenvalue weighted by Crippen LogP contribution is -2.46. The van der Waals surface area contributed by atoms with Gasteiger partial charge in [-0.25, -0.2) is 19.0 Å². The van der Waals surface area contributed by atoms with Gasteiger partial charge in [0.05, 0.1) is 42.8 Å². The first-order valence-corrected chi connectivity index (χ1v) is 16.9. The Kier molecular flexibility index (Phi) is 9.66. The molecule has 0 amide bonds. The van der Waals surface area contributed by atoms with Gasteiger partial charge in [0, 0.05) is 60.5 Å². The van der Waals surface area contributed by atoms with Crippen molar-refractivity contribution in [3.8, 4) is 11.4 Å². The van der Waals surface area contributed by atoms with Crippen LogP contribution in [0.1, 0.15) is 12.5 Å². The molecule has 0 aliphatic carbocycles. The second-order valence-corrected chi connectivity index (χ2v) is 13.1. The lowest BCUT2D eigenvalue weighted by molar-refractivity contribution is -0.189. The predicted octanol–water partition coefficient (Wildman–Crippen LogP) is 4.59. The van der Waals surface area contributed by atoms with Crippen LogP contribution < -0.4 is 20.2 Å². The average molecular weight is 707 g/mol. The summed E-state index contributed by atoms with van der Waals surface area (Å²) in [5.74, 6) is -0.355. The number of aromatic nitrogens is 5. The Morgan fingerprint density at radius 3 is 2.27 bits per heavy atom. The maximum Gasteiger partial charge on any atom is 0.350 e. The van der Waals surface area contributed by atoms with Crippen LogP contribution in [0.15, 0.2) is 96.6 Å². The zero-order valence-corrected chi connectivity index (χ0v) is 28.5. The Morgan fingerprint density at radius 2 is 1.63 bits per heavy atom. The first-order chi connectivity index (χ1) is 23.8. The third kappa shape index (κ3) is 7.34. The molecule has 0 saturated carbocycles. The van der Waals surface area contributed by atoms with E-state index >= 15 is 0 Å². The van der Waals surface area contributed by atoms with Gasteiger partial charge < -0.3 is 33.7 Å². The molecule has 0 bridgehead atoms. The predicted molar refractivity (Wildman–Crippen MR) is 187 cm³/mol. The number of anilines is 2. The number of rotatable bonds is 11. The van der Waals surface area contributed by atoms with Gasteiger partial charge in [-0.05, 0) is 67.6 Å². The van der Waals surface area contributed by atoms with Crippen molar-refractivity contribution in [3.63, 3.8) is 0 Å². The van der Waals surface area contributed by atoms with Crippen molar-refractivity contribution in [2.75, 3.05) is 49.2 Å². The monoisotopic (exact) mass is 705 g/mol. The summed E-state index contributed by atoms with van der Waals surface area (Å²) >= 11 is 12.8. The summed E-state index contributed by atoms with van der Waals surface area (Å²) in [5, 5.41) is 14.7. The molecule has 49 heavy (non-hydrogen) atoms. The van der Waals surface area contributed by atoms with E-state index in [4.69, 9.17) is 37.4 Å². The minimum Gasteiger partial charge on any atom is -0.491 e. The quantitative estimate of drug-likeness (QED) is 0.211. The number of piperazine rings is 1. The van der Waals surface area contributed by atoms with Gasteiger partial charge in [-0.3, -0.25) is 0 Å². The van der Waals surface area contributed by atoms with Crippen LogP contribution in [0.2, 0.25) is 10.0 Å². The maximum absolute atomic E-state index is 12.6. The molecule has 3 atom stereocenters. The van der Waals surface area contributed by atoms with E-state index in [-0.39, 0.29) is 18.3 Å². The zero-order valence-electron chi connectivity index (χ0n) is 26.9. The minimum atomic E-state index is -1.10. The highest BCUT2D eigenvalue weighted by Crippen LogP contribution is 2.40. The number of hydrogen-bond acceptors (Lipinski definition) is 9. The van der Waals surface area contributed by atoms with Crippen LogP contribution in [0.25, 0.3) is 5.69 Å². The largest absolute Gasteiger partial charge is 0.491 e. The van der Waals surface area contributed by atoms with Gasteiger partial charge in [-0.15, -0.1) is 0 Å². The van der Waals surface area contributed by atoms with Gasteiger partial charge in [0.1, 0.15) is 24.8 Å². The second-order valence-electron chi connectivity index (χ2n) is 12.3. The molecule has 14 heteroatoms. The molecule has 2 saturated heterocycles. The summed E-state index contributed by atoms with van der Waals surface area (Å²) in [6, 6.07) is 21.3. The molecular formula is C35H37Cl2N7O5. The first-order valence-electron chi connectivity index (χ1n) is 16.2. The molecule has 1 N–H and O–H groups in total. The van der Waals surface area contributed by atoms with Crippen LogP contribution in [0.5, 0.6) is 5.75 Å². The molecular weight excluding hydrogens is 669 g/mol. The fourth-order valence-electron chi connectivity index (χ4n) is 6.25. The highest BCUT2D eigenvalue weighted by atomic mass is 35.5. The third-order valence-corrected chi connectivity index (χ3v) is 9.28. The summed E-state index contributed by atoms with van der Waals surface area (Å²) in [4.78, 5) is 21.5. The fraction of sp³-hybridized carbons (Fsp3) is 0.343. The number of ether oxygens (including phenoxy) is 3. The molecule has 2 aliphatic heterocycles. The van der Waals surface area contributed by atoms with Crippen molar-refractivity contribution in [1.29, 1.82) is 0 Å². The number of aliphatic hydroxyl groups excluding tert-OH is 1. The molecule has 7 rings (SSSR count). The lowest BCUT2D eigenvalue weighted by atomic mass is 10.1. The van der Waals surface area contributed by atoms with Gasteiger partial charge in [0.15, 0.2) is 0 Å². The van der Waals surface area contributed by atoms with Crippen LogP contribution in [-0.2, 0) is 28.4 Å². The molecule has 12 nitrogen and oxygen atoms in total. The fourth-order valence-corrected chi connectivity index (χ4v) is 6.81. The Hall–Kier alpha value is -4.33. The van der Waals surface area contributed by atoms with Gasteiger partial charge in [-0.2, -0.15) is 5.10 Å². The van der Waals surface area contributed by atoms with Gasteiger partial charge >= 0.3 is 5.69 Å². The topological polar surface area (TPSA) is 112 Å². The molecule has 2 fully saturated rings. The molecule has 0 radical (unpaired) electrons. The maximum atomic E-state index is 12.6. The van der Waals surface area contributed by atoms with Gasteiger partial charge in [-0.1, -0.05) is 29.3 Å². The Balaban J connectivity index is 0.922. The van der Waals surface area contributed by atoms with E-state index in [1.54, 1.807) is 31.6 Å². The smallest absolute Gasteiger partial charge is 0.350 e. The third-order valence-electron chi connectivity index (χ3n) is 8.73. The number of benzene rings is 3. The highest BCUT2D eigenvalue weighted by Gasteiger charge is 2.45. The lowest BCUT2D eigenvalue weighted by Gasteiger charge is -2.37. The number of halogens is 2. The van der Waals surface area contributed by atoms with E-state index < -0.39 is 11.9 Å². The van der Waals surface area contributed by atoms with Crippen molar-refractivity contribution in [3.05, 3.63) is 118 Å². The van der Waals surface area contributed by atoms with Crippen molar-refractivity contribution >= 4 is 34.6 Å². The summed E-state index contributed by atoms with van der Waals surface area (Å²) in [6.45, 7) is 6.27. The van der Waals surface area contributed by atoms with E-state index in [1.165, 1.54) is 15.6 Å².